The van der Waals surface area contributed by atoms with Crippen molar-refractivity contribution in [1.29, 1.82) is 0 Å². The summed E-state index contributed by atoms with van der Waals surface area (Å²) in [5.74, 6) is -0.994. The van der Waals surface area contributed by atoms with Crippen LogP contribution in [0.3, 0.4) is 0 Å². The predicted molar refractivity (Wildman–Crippen MR) is 93.5 cm³/mol. The molecule has 1 N–H and O–H groups in total. The second-order valence-corrected chi connectivity index (χ2v) is 6.55. The van der Waals surface area contributed by atoms with Crippen LogP contribution in [0.1, 0.15) is 16.7 Å². The van der Waals surface area contributed by atoms with Gasteiger partial charge in [0.25, 0.3) is 0 Å². The number of alkyl halides is 3. The highest BCUT2D eigenvalue weighted by Crippen LogP contribution is 2.41. The Hall–Kier alpha value is -2.67. The summed E-state index contributed by atoms with van der Waals surface area (Å²) in [6.45, 7) is 3.48. The second kappa shape index (κ2) is 6.81. The van der Waals surface area contributed by atoms with Crippen molar-refractivity contribution >= 4 is 23.6 Å². The molecule has 1 aliphatic heterocycles. The fourth-order valence-corrected chi connectivity index (χ4v) is 2.94. The molecule has 1 atom stereocenters. The van der Waals surface area contributed by atoms with E-state index in [0.717, 1.165) is 11.6 Å². The number of ether oxygens (including phenoxy) is 2. The molecular formula is C19H14ClF3O4. The molecule has 8 heteroatoms. The van der Waals surface area contributed by atoms with Gasteiger partial charge in [0.1, 0.15) is 17.2 Å². The molecule has 142 valence electrons. The van der Waals surface area contributed by atoms with Gasteiger partial charge in [-0.2, -0.15) is 13.2 Å². The molecule has 4 nitrogen and oxygen atoms in total. The number of hydrogen-bond donors (Lipinski definition) is 1. The Kier molecular flexibility index (Phi) is 4.82. The lowest BCUT2D eigenvalue weighted by Crippen LogP contribution is -2.40. The lowest BCUT2D eigenvalue weighted by atomic mass is 9.99. The van der Waals surface area contributed by atoms with Gasteiger partial charge in [0.15, 0.2) is 0 Å². The number of carboxylic acid groups (broad SMARTS) is 1. The van der Waals surface area contributed by atoms with Crippen LogP contribution in [0.5, 0.6) is 17.2 Å². The van der Waals surface area contributed by atoms with E-state index in [-0.39, 0.29) is 11.3 Å². The minimum absolute atomic E-state index is 0.102. The summed E-state index contributed by atoms with van der Waals surface area (Å²) in [5, 5.41) is 9.62. The summed E-state index contributed by atoms with van der Waals surface area (Å²) >= 11 is 5.91. The van der Waals surface area contributed by atoms with Gasteiger partial charge in [0.2, 0.25) is 6.10 Å². The van der Waals surface area contributed by atoms with Crippen molar-refractivity contribution in [3.63, 3.8) is 0 Å². The molecule has 0 bridgehead atoms. The topological polar surface area (TPSA) is 55.8 Å². The molecule has 0 radical (unpaired) electrons. The Bertz CT molecular complexity index is 951. The molecule has 0 spiro atoms. The zero-order valence-corrected chi connectivity index (χ0v) is 15.0. The van der Waals surface area contributed by atoms with Gasteiger partial charge in [0, 0.05) is 16.7 Å². The Morgan fingerprint density at radius 2 is 1.81 bits per heavy atom. The number of fused-ring (bicyclic) bond motifs is 1. The molecule has 27 heavy (non-hydrogen) atoms. The van der Waals surface area contributed by atoms with Crippen molar-refractivity contribution < 1.29 is 32.5 Å². The van der Waals surface area contributed by atoms with Crippen molar-refractivity contribution in [2.45, 2.75) is 26.1 Å². The second-order valence-electron chi connectivity index (χ2n) is 6.11. The van der Waals surface area contributed by atoms with Crippen LogP contribution in [0.25, 0.3) is 6.08 Å². The van der Waals surface area contributed by atoms with Crippen LogP contribution in [0, 0.1) is 13.8 Å². The third-order valence-electron chi connectivity index (χ3n) is 4.05. The first-order chi connectivity index (χ1) is 12.6. The first-order valence-corrected chi connectivity index (χ1v) is 8.21. The molecule has 0 fully saturated rings. The smallest absolute Gasteiger partial charge is 0.430 e. The zero-order chi connectivity index (χ0) is 19.9. The fraction of sp³-hybridized carbons (Fsp3) is 0.211. The first-order valence-electron chi connectivity index (χ1n) is 7.83. The molecule has 1 heterocycles. The van der Waals surface area contributed by atoms with E-state index in [1.54, 1.807) is 32.0 Å². The van der Waals surface area contributed by atoms with Crippen molar-refractivity contribution in [3.8, 4) is 17.2 Å². The molecule has 2 aromatic carbocycles. The quantitative estimate of drug-likeness (QED) is 0.737. The van der Waals surface area contributed by atoms with Gasteiger partial charge in [-0.05, 0) is 55.3 Å². The number of halogens is 4. The zero-order valence-electron chi connectivity index (χ0n) is 14.2. The largest absolute Gasteiger partial charge is 0.478 e. The maximum atomic E-state index is 13.2. The monoisotopic (exact) mass is 398 g/mol. The molecule has 2 aromatic rings. The van der Waals surface area contributed by atoms with Gasteiger partial charge in [-0.15, -0.1) is 0 Å². The molecule has 3 rings (SSSR count). The van der Waals surface area contributed by atoms with E-state index in [4.69, 9.17) is 26.2 Å². The molecule has 0 saturated carbocycles. The molecule has 0 aliphatic carbocycles. The molecule has 0 aromatic heterocycles. The number of hydrogen-bond acceptors (Lipinski definition) is 3. The van der Waals surface area contributed by atoms with Crippen LogP contribution in [-0.2, 0) is 4.79 Å². The highest BCUT2D eigenvalue weighted by Gasteiger charge is 2.48. The Morgan fingerprint density at radius 3 is 2.41 bits per heavy atom. The van der Waals surface area contributed by atoms with Crippen molar-refractivity contribution in [3.05, 3.63) is 57.6 Å². The number of benzene rings is 2. The standard InChI is InChI=1S/C19H14ClF3O4/c1-9-5-11-7-13(18(24)25)17(19(21,22)23)27-16(11)8-15(9)26-14-4-3-12(20)6-10(14)2/h3-8,17H,1-2H3,(H,24,25). The van der Waals surface area contributed by atoms with Crippen LogP contribution < -0.4 is 9.47 Å². The highest BCUT2D eigenvalue weighted by atomic mass is 35.5. The van der Waals surface area contributed by atoms with E-state index in [9.17, 15) is 18.0 Å². The Labute approximate surface area is 157 Å². The van der Waals surface area contributed by atoms with E-state index in [1.807, 2.05) is 0 Å². The highest BCUT2D eigenvalue weighted by molar-refractivity contribution is 6.30. The van der Waals surface area contributed by atoms with Gasteiger partial charge in [-0.3, -0.25) is 0 Å². The maximum Gasteiger partial charge on any atom is 0.430 e. The number of carboxylic acids is 1. The van der Waals surface area contributed by atoms with Crippen LogP contribution in [0.2, 0.25) is 5.02 Å². The van der Waals surface area contributed by atoms with Crippen molar-refractivity contribution in [1.82, 2.24) is 0 Å². The Balaban J connectivity index is 2.02. The molecule has 0 saturated heterocycles. The van der Waals surface area contributed by atoms with Gasteiger partial charge in [0.05, 0.1) is 5.57 Å². The summed E-state index contributed by atoms with van der Waals surface area (Å²) in [4.78, 5) is 11.2. The fourth-order valence-electron chi connectivity index (χ4n) is 2.71. The average molecular weight is 399 g/mol. The van der Waals surface area contributed by atoms with E-state index in [1.165, 1.54) is 12.1 Å². The molecular weight excluding hydrogens is 385 g/mol. The van der Waals surface area contributed by atoms with Crippen LogP contribution in [-0.4, -0.2) is 23.4 Å². The predicted octanol–water partition coefficient (Wildman–Crippen LogP) is 5.54. The minimum Gasteiger partial charge on any atom is -0.478 e. The average Bonchev–Trinajstić information content (AvgIpc) is 2.55. The summed E-state index contributed by atoms with van der Waals surface area (Å²) in [6.07, 6.45) is -6.43. The first kappa shape index (κ1) is 19.1. The maximum absolute atomic E-state index is 13.2. The van der Waals surface area contributed by atoms with Gasteiger partial charge in [-0.25, -0.2) is 4.79 Å². The minimum atomic E-state index is -4.86. The SMILES string of the molecule is Cc1cc(Cl)ccc1Oc1cc2c(cc1C)C=C(C(=O)O)C(C(F)(F)F)O2. The third-order valence-corrected chi connectivity index (χ3v) is 4.28. The third kappa shape index (κ3) is 3.88. The normalized spacial score (nSPS) is 16.2. The summed E-state index contributed by atoms with van der Waals surface area (Å²) in [7, 11) is 0. The summed E-state index contributed by atoms with van der Waals surface area (Å²) < 4.78 is 50.3. The molecule has 0 amide bonds. The number of aliphatic carboxylic acids is 1. The van der Waals surface area contributed by atoms with Gasteiger partial charge in [-0.1, -0.05) is 11.6 Å². The number of rotatable bonds is 3. The van der Waals surface area contributed by atoms with Crippen LogP contribution >= 0.6 is 11.6 Å². The lowest BCUT2D eigenvalue weighted by Gasteiger charge is -2.27. The summed E-state index contributed by atoms with van der Waals surface area (Å²) in [5.41, 5.74) is 0.738. The summed E-state index contributed by atoms with van der Waals surface area (Å²) in [6, 6.07) is 7.83. The van der Waals surface area contributed by atoms with Crippen LogP contribution in [0.15, 0.2) is 35.9 Å². The molecule has 1 unspecified atom stereocenters. The van der Waals surface area contributed by atoms with E-state index < -0.39 is 23.8 Å². The van der Waals surface area contributed by atoms with E-state index in [2.05, 4.69) is 0 Å². The number of carbonyl (C=O) groups is 1. The van der Waals surface area contributed by atoms with Gasteiger partial charge < -0.3 is 14.6 Å². The van der Waals surface area contributed by atoms with Crippen LogP contribution in [0.4, 0.5) is 13.2 Å². The van der Waals surface area contributed by atoms with Crippen molar-refractivity contribution in [2.24, 2.45) is 0 Å². The molecule has 1 aliphatic rings. The van der Waals surface area contributed by atoms with E-state index in [0.29, 0.717) is 22.1 Å². The van der Waals surface area contributed by atoms with E-state index >= 15 is 0 Å². The van der Waals surface area contributed by atoms with Crippen molar-refractivity contribution in [2.75, 3.05) is 0 Å². The number of aryl methyl sites for hydroxylation is 2. The lowest BCUT2D eigenvalue weighted by molar-refractivity contribution is -0.187. The Morgan fingerprint density at radius 1 is 1.15 bits per heavy atom. The van der Waals surface area contributed by atoms with Gasteiger partial charge >= 0.3 is 12.1 Å².